The molecule has 0 bridgehead atoms. The van der Waals surface area contributed by atoms with Crippen molar-refractivity contribution in [2.24, 2.45) is 0 Å². The Morgan fingerprint density at radius 3 is 2.80 bits per heavy atom. The van der Waals surface area contributed by atoms with Crippen LogP contribution in [-0.2, 0) is 11.2 Å². The second-order valence-electron chi connectivity index (χ2n) is 6.00. The van der Waals surface area contributed by atoms with Crippen LogP contribution < -0.4 is 10.1 Å². The van der Waals surface area contributed by atoms with E-state index in [0.29, 0.717) is 31.2 Å². The Labute approximate surface area is 152 Å². The lowest BCUT2D eigenvalue weighted by Gasteiger charge is -2.34. The van der Waals surface area contributed by atoms with E-state index in [1.54, 1.807) is 18.4 Å². The molecule has 1 aromatic carbocycles. The normalized spacial score (nSPS) is 14.9. The summed E-state index contributed by atoms with van der Waals surface area (Å²) in [5.41, 5.74) is 0.697. The number of anilines is 1. The van der Waals surface area contributed by atoms with Gasteiger partial charge in [-0.2, -0.15) is 0 Å². The first kappa shape index (κ1) is 17.8. The van der Waals surface area contributed by atoms with Crippen LogP contribution in [0, 0.1) is 0 Å². The van der Waals surface area contributed by atoms with Crippen molar-refractivity contribution in [2.75, 3.05) is 32.2 Å². The van der Waals surface area contributed by atoms with E-state index in [-0.39, 0.29) is 12.1 Å². The van der Waals surface area contributed by atoms with Crippen LogP contribution in [0.3, 0.4) is 0 Å². The largest absolute Gasteiger partial charge is 0.495 e. The number of benzene rings is 1. The monoisotopic (exact) mass is 360 g/mol. The summed E-state index contributed by atoms with van der Waals surface area (Å²) in [7, 11) is 1.61. The highest BCUT2D eigenvalue weighted by Gasteiger charge is 2.26. The molecule has 1 N–H and O–H groups in total. The fourth-order valence-corrected chi connectivity index (χ4v) is 3.77. The van der Waals surface area contributed by atoms with Gasteiger partial charge in [-0.1, -0.05) is 18.2 Å². The lowest BCUT2D eigenvalue weighted by Crippen LogP contribution is -2.46. The number of hydrogen-bond donors (Lipinski definition) is 1. The first-order valence-electron chi connectivity index (χ1n) is 8.58. The van der Waals surface area contributed by atoms with Gasteiger partial charge in [0.1, 0.15) is 5.75 Å². The maximum absolute atomic E-state index is 13.0. The number of nitrogens with zero attached hydrogens (tertiary/aromatic N) is 1. The molecule has 1 fully saturated rings. The number of methoxy groups -OCH3 is 1. The number of thiophene rings is 1. The molecule has 2 heterocycles. The van der Waals surface area contributed by atoms with Crippen LogP contribution in [0.4, 0.5) is 10.5 Å². The Balaban J connectivity index is 1.71. The van der Waals surface area contributed by atoms with Gasteiger partial charge in [0.2, 0.25) is 0 Å². The summed E-state index contributed by atoms with van der Waals surface area (Å²) in [4.78, 5) is 16.2. The van der Waals surface area contributed by atoms with E-state index in [0.717, 1.165) is 19.3 Å². The SMILES string of the molecule is COc1ccccc1NC(=O)N(CCc1cccs1)C1CCOCC1. The number of amides is 2. The average molecular weight is 360 g/mol. The average Bonchev–Trinajstić information content (AvgIpc) is 3.17. The Hall–Kier alpha value is -2.05. The van der Waals surface area contributed by atoms with Gasteiger partial charge in [-0.15, -0.1) is 11.3 Å². The molecule has 0 radical (unpaired) electrons. The highest BCUT2D eigenvalue weighted by Crippen LogP contribution is 2.25. The number of carbonyl (C=O) groups excluding carboxylic acids is 1. The van der Waals surface area contributed by atoms with Crippen molar-refractivity contribution in [3.05, 3.63) is 46.7 Å². The van der Waals surface area contributed by atoms with Crippen molar-refractivity contribution in [1.82, 2.24) is 4.90 Å². The van der Waals surface area contributed by atoms with E-state index < -0.39 is 0 Å². The second kappa shape index (κ2) is 8.87. The summed E-state index contributed by atoms with van der Waals surface area (Å²) in [5.74, 6) is 0.668. The predicted molar refractivity (Wildman–Crippen MR) is 101 cm³/mol. The molecule has 134 valence electrons. The van der Waals surface area contributed by atoms with E-state index >= 15 is 0 Å². The molecule has 1 aliphatic rings. The molecular formula is C19H24N2O3S. The number of hydrogen-bond acceptors (Lipinski definition) is 4. The molecule has 0 unspecified atom stereocenters. The number of carbonyl (C=O) groups is 1. The summed E-state index contributed by atoms with van der Waals surface area (Å²) in [6.07, 6.45) is 2.63. The molecule has 2 amide bonds. The lowest BCUT2D eigenvalue weighted by molar-refractivity contribution is 0.0483. The highest BCUT2D eigenvalue weighted by atomic mass is 32.1. The first-order chi connectivity index (χ1) is 12.3. The van der Waals surface area contributed by atoms with E-state index in [1.165, 1.54) is 4.88 Å². The number of urea groups is 1. The fraction of sp³-hybridized carbons (Fsp3) is 0.421. The molecule has 6 heteroatoms. The maximum atomic E-state index is 13.0. The molecule has 0 atom stereocenters. The van der Waals surface area contributed by atoms with Crippen LogP contribution in [0.5, 0.6) is 5.75 Å². The van der Waals surface area contributed by atoms with Crippen LogP contribution in [0.15, 0.2) is 41.8 Å². The Bertz CT molecular complexity index is 669. The van der Waals surface area contributed by atoms with Crippen molar-refractivity contribution in [2.45, 2.75) is 25.3 Å². The molecule has 5 nitrogen and oxygen atoms in total. The van der Waals surface area contributed by atoms with Gasteiger partial charge in [-0.3, -0.25) is 0 Å². The van der Waals surface area contributed by atoms with Crippen LogP contribution >= 0.6 is 11.3 Å². The van der Waals surface area contributed by atoms with Crippen molar-refractivity contribution in [1.29, 1.82) is 0 Å². The van der Waals surface area contributed by atoms with E-state index in [1.807, 2.05) is 35.2 Å². The minimum atomic E-state index is -0.0760. The number of nitrogens with one attached hydrogen (secondary N) is 1. The Morgan fingerprint density at radius 1 is 1.28 bits per heavy atom. The number of ether oxygens (including phenoxy) is 2. The van der Waals surface area contributed by atoms with E-state index in [4.69, 9.17) is 9.47 Å². The maximum Gasteiger partial charge on any atom is 0.322 e. The van der Waals surface area contributed by atoms with Gasteiger partial charge < -0.3 is 19.7 Å². The minimum absolute atomic E-state index is 0.0760. The van der Waals surface area contributed by atoms with Crippen molar-refractivity contribution >= 4 is 23.1 Å². The molecule has 1 saturated heterocycles. The summed E-state index contributed by atoms with van der Waals surface area (Å²) in [6, 6.07) is 11.8. The summed E-state index contributed by atoms with van der Waals surface area (Å²) in [6.45, 7) is 2.12. The molecule has 0 saturated carbocycles. The minimum Gasteiger partial charge on any atom is -0.495 e. The van der Waals surface area contributed by atoms with Gasteiger partial charge in [0.15, 0.2) is 0 Å². The quantitative estimate of drug-likeness (QED) is 0.847. The number of rotatable bonds is 6. The third-order valence-corrected chi connectivity index (χ3v) is 5.36. The summed E-state index contributed by atoms with van der Waals surface area (Å²) >= 11 is 1.73. The van der Waals surface area contributed by atoms with Gasteiger partial charge >= 0.3 is 6.03 Å². The van der Waals surface area contributed by atoms with E-state index in [2.05, 4.69) is 16.8 Å². The smallest absolute Gasteiger partial charge is 0.322 e. The zero-order chi connectivity index (χ0) is 17.5. The topological polar surface area (TPSA) is 50.8 Å². The van der Waals surface area contributed by atoms with Crippen molar-refractivity contribution < 1.29 is 14.3 Å². The summed E-state index contributed by atoms with van der Waals surface area (Å²) < 4.78 is 10.8. The van der Waals surface area contributed by atoms with Gasteiger partial charge in [-0.05, 0) is 42.8 Å². The first-order valence-corrected chi connectivity index (χ1v) is 9.46. The second-order valence-corrected chi connectivity index (χ2v) is 7.03. The van der Waals surface area contributed by atoms with Crippen LogP contribution in [0.25, 0.3) is 0 Å². The van der Waals surface area contributed by atoms with E-state index in [9.17, 15) is 4.79 Å². The van der Waals surface area contributed by atoms with Gasteiger partial charge in [0.25, 0.3) is 0 Å². The molecule has 2 aromatic rings. The Kier molecular flexibility index (Phi) is 6.30. The molecule has 3 rings (SSSR count). The molecular weight excluding hydrogens is 336 g/mol. The summed E-state index contributed by atoms with van der Waals surface area (Å²) in [5, 5.41) is 5.09. The highest BCUT2D eigenvalue weighted by molar-refractivity contribution is 7.09. The van der Waals surface area contributed by atoms with Gasteiger partial charge in [0, 0.05) is 30.7 Å². The fourth-order valence-electron chi connectivity index (χ4n) is 3.07. The van der Waals surface area contributed by atoms with Crippen LogP contribution in [0.2, 0.25) is 0 Å². The molecule has 1 aliphatic heterocycles. The molecule has 1 aromatic heterocycles. The molecule has 25 heavy (non-hydrogen) atoms. The third-order valence-electron chi connectivity index (χ3n) is 4.42. The van der Waals surface area contributed by atoms with Gasteiger partial charge in [0.05, 0.1) is 12.8 Å². The zero-order valence-electron chi connectivity index (χ0n) is 14.4. The third kappa shape index (κ3) is 4.74. The lowest BCUT2D eigenvalue weighted by atomic mass is 10.1. The molecule has 0 spiro atoms. The van der Waals surface area contributed by atoms with Crippen molar-refractivity contribution in [3.8, 4) is 5.75 Å². The molecule has 0 aliphatic carbocycles. The standard InChI is InChI=1S/C19H24N2O3S/c1-23-18-7-3-2-6-17(18)20-19(22)21(15-9-12-24-13-10-15)11-8-16-5-4-14-25-16/h2-7,14-15H,8-13H2,1H3,(H,20,22). The Morgan fingerprint density at radius 2 is 2.08 bits per heavy atom. The predicted octanol–water partition coefficient (Wildman–Crippen LogP) is 4.01. The van der Waals surface area contributed by atoms with Gasteiger partial charge in [-0.25, -0.2) is 4.79 Å². The zero-order valence-corrected chi connectivity index (χ0v) is 15.3. The van der Waals surface area contributed by atoms with Crippen LogP contribution in [-0.4, -0.2) is 43.8 Å². The van der Waals surface area contributed by atoms with Crippen molar-refractivity contribution in [3.63, 3.8) is 0 Å². The number of para-hydroxylation sites is 2. The van der Waals surface area contributed by atoms with Crippen LogP contribution in [0.1, 0.15) is 17.7 Å².